The van der Waals surface area contributed by atoms with Crippen molar-refractivity contribution in [3.05, 3.63) is 95.1 Å². The molecule has 0 N–H and O–H groups in total. The summed E-state index contributed by atoms with van der Waals surface area (Å²) in [5.74, 6) is 0.417. The fraction of sp³-hybridized carbons (Fsp3) is 0.242. The van der Waals surface area contributed by atoms with Crippen LogP contribution >= 0.6 is 0 Å². The maximum Gasteiger partial charge on any atom is 0.416 e. The Morgan fingerprint density at radius 2 is 0.938 bits per heavy atom. The van der Waals surface area contributed by atoms with Gasteiger partial charge < -0.3 is 9.30 Å². The highest BCUT2D eigenvalue weighted by molar-refractivity contribution is 6.10. The van der Waals surface area contributed by atoms with Crippen LogP contribution in [-0.2, 0) is 36.0 Å². The molecular formula is C33H20F12N2O. The molecule has 1 aromatic heterocycles. The van der Waals surface area contributed by atoms with E-state index < -0.39 is 64.1 Å². The first-order valence-electron chi connectivity index (χ1n) is 14.0. The predicted molar refractivity (Wildman–Crippen MR) is 153 cm³/mol. The van der Waals surface area contributed by atoms with E-state index in [0.29, 0.717) is 41.2 Å². The molecule has 0 radical (unpaired) electrons. The number of hydrogen-bond donors (Lipinski definition) is 0. The van der Waals surface area contributed by atoms with Crippen molar-refractivity contribution in [3.63, 3.8) is 0 Å². The highest BCUT2D eigenvalue weighted by Crippen LogP contribution is 2.42. The summed E-state index contributed by atoms with van der Waals surface area (Å²) in [5, 5.41) is 0.552. The Morgan fingerprint density at radius 1 is 0.562 bits per heavy atom. The van der Waals surface area contributed by atoms with Gasteiger partial charge in [-0.05, 0) is 82.9 Å². The number of ether oxygens (including phenoxy) is 1. The van der Waals surface area contributed by atoms with Crippen molar-refractivity contribution in [2.75, 3.05) is 6.61 Å². The van der Waals surface area contributed by atoms with Gasteiger partial charge in [0, 0.05) is 35.3 Å². The quantitative estimate of drug-likeness (QED) is 0.173. The lowest BCUT2D eigenvalue weighted by Gasteiger charge is -2.15. The van der Waals surface area contributed by atoms with Gasteiger partial charge in [0.15, 0.2) is 5.90 Å². The van der Waals surface area contributed by atoms with Gasteiger partial charge in [-0.1, -0.05) is 12.1 Å². The van der Waals surface area contributed by atoms with E-state index in [1.54, 1.807) is 11.5 Å². The molecule has 1 atom stereocenters. The summed E-state index contributed by atoms with van der Waals surface area (Å²) in [6.45, 7) is 2.04. The molecule has 48 heavy (non-hydrogen) atoms. The van der Waals surface area contributed by atoms with Gasteiger partial charge in [-0.2, -0.15) is 52.7 Å². The first-order chi connectivity index (χ1) is 22.2. The summed E-state index contributed by atoms with van der Waals surface area (Å²) < 4.78 is 171. The molecule has 0 unspecified atom stereocenters. The van der Waals surface area contributed by atoms with E-state index in [1.807, 2.05) is 0 Å². The highest BCUT2D eigenvalue weighted by atomic mass is 19.4. The molecular weight excluding hydrogens is 668 g/mol. The van der Waals surface area contributed by atoms with E-state index in [9.17, 15) is 52.7 Å². The maximum atomic E-state index is 13.6. The van der Waals surface area contributed by atoms with Gasteiger partial charge in [-0.15, -0.1) is 0 Å². The summed E-state index contributed by atoms with van der Waals surface area (Å²) in [6, 6.07) is 10.1. The van der Waals surface area contributed by atoms with Crippen LogP contribution in [0.1, 0.15) is 29.2 Å². The molecule has 4 aromatic carbocycles. The molecule has 0 fully saturated rings. The monoisotopic (exact) mass is 688 g/mol. The molecule has 0 saturated heterocycles. The standard InChI is InChI=1S/C33H20F12N2O/c1-16-46-25(15-48-16)14-47-28-4-2-17(19-6-21(30(34,35)36)12-22(7-19)31(37,38)39)10-26(28)27-11-18(3-5-29(27)47)20-8-23(32(40,41)42)13-24(9-20)33(43,44)45/h2-13,25H,14-15H2,1H3/t25-/m0/s1. The van der Waals surface area contributed by atoms with Crippen molar-refractivity contribution < 1.29 is 57.4 Å². The molecule has 1 aliphatic heterocycles. The number of nitrogens with zero attached hydrogens (tertiary/aromatic N) is 2. The molecule has 252 valence electrons. The predicted octanol–water partition coefficient (Wildman–Crippen LogP) is 11.0. The third kappa shape index (κ3) is 6.41. The zero-order chi connectivity index (χ0) is 35.0. The smallest absolute Gasteiger partial charge is 0.416 e. The first-order valence-corrected chi connectivity index (χ1v) is 14.0. The van der Waals surface area contributed by atoms with Crippen LogP contribution in [0.2, 0.25) is 0 Å². The lowest BCUT2D eigenvalue weighted by atomic mass is 9.96. The second-order valence-electron chi connectivity index (χ2n) is 11.3. The van der Waals surface area contributed by atoms with Crippen LogP contribution in [0.5, 0.6) is 0 Å². The molecule has 0 bridgehead atoms. The number of fused-ring (bicyclic) bond motifs is 3. The Balaban J connectivity index is 1.59. The van der Waals surface area contributed by atoms with Gasteiger partial charge in [-0.3, -0.25) is 0 Å². The van der Waals surface area contributed by atoms with E-state index in [4.69, 9.17) is 4.74 Å². The zero-order valence-electron chi connectivity index (χ0n) is 24.3. The molecule has 0 saturated carbocycles. The number of benzene rings is 4. The van der Waals surface area contributed by atoms with Crippen molar-refractivity contribution in [1.82, 2.24) is 4.57 Å². The van der Waals surface area contributed by atoms with Crippen LogP contribution in [0.4, 0.5) is 52.7 Å². The minimum absolute atomic E-state index is 0.00335. The molecule has 5 aromatic rings. The molecule has 6 rings (SSSR count). The molecule has 15 heteroatoms. The number of aliphatic imine (C=N–C) groups is 1. The maximum absolute atomic E-state index is 13.6. The van der Waals surface area contributed by atoms with Gasteiger partial charge in [0.25, 0.3) is 0 Å². The second kappa shape index (κ2) is 11.2. The Morgan fingerprint density at radius 3 is 1.25 bits per heavy atom. The van der Waals surface area contributed by atoms with Crippen molar-refractivity contribution in [2.24, 2.45) is 4.99 Å². The van der Waals surface area contributed by atoms with Crippen LogP contribution in [0.15, 0.2) is 77.8 Å². The van der Waals surface area contributed by atoms with E-state index in [-0.39, 0.29) is 47.2 Å². The van der Waals surface area contributed by atoms with Gasteiger partial charge >= 0.3 is 24.7 Å². The largest absolute Gasteiger partial charge is 0.479 e. The second-order valence-corrected chi connectivity index (χ2v) is 11.3. The average Bonchev–Trinajstić information content (AvgIpc) is 3.54. The number of aromatic nitrogens is 1. The van der Waals surface area contributed by atoms with Crippen molar-refractivity contribution >= 4 is 27.7 Å². The van der Waals surface area contributed by atoms with Crippen LogP contribution < -0.4 is 0 Å². The Hall–Kier alpha value is -4.69. The van der Waals surface area contributed by atoms with Crippen molar-refractivity contribution in [2.45, 2.75) is 44.2 Å². The fourth-order valence-electron chi connectivity index (χ4n) is 5.76. The van der Waals surface area contributed by atoms with E-state index in [2.05, 4.69) is 4.99 Å². The van der Waals surface area contributed by atoms with E-state index >= 15 is 0 Å². The Kier molecular flexibility index (Phi) is 7.75. The molecule has 1 aliphatic rings. The number of rotatable bonds is 4. The van der Waals surface area contributed by atoms with E-state index in [0.717, 1.165) is 0 Å². The van der Waals surface area contributed by atoms with Gasteiger partial charge in [-0.25, -0.2) is 4.99 Å². The Bertz CT molecular complexity index is 1880. The van der Waals surface area contributed by atoms with Crippen LogP contribution in [0.3, 0.4) is 0 Å². The van der Waals surface area contributed by atoms with Crippen LogP contribution in [0, 0.1) is 0 Å². The minimum Gasteiger partial charge on any atom is -0.479 e. The van der Waals surface area contributed by atoms with Crippen LogP contribution in [0.25, 0.3) is 44.1 Å². The Labute approximate surface area is 263 Å². The number of hydrogen-bond acceptors (Lipinski definition) is 2. The third-order valence-electron chi connectivity index (χ3n) is 7.95. The summed E-state index contributed by atoms with van der Waals surface area (Å²) in [7, 11) is 0. The summed E-state index contributed by atoms with van der Waals surface area (Å²) in [6.07, 6.45) is -20.4. The van der Waals surface area contributed by atoms with Crippen LogP contribution in [-0.4, -0.2) is 23.1 Å². The van der Waals surface area contributed by atoms with Gasteiger partial charge in [0.2, 0.25) is 0 Å². The molecule has 0 aliphatic carbocycles. The lowest BCUT2D eigenvalue weighted by Crippen LogP contribution is -2.15. The molecule has 0 amide bonds. The normalized spacial score (nSPS) is 16.1. The molecule has 3 nitrogen and oxygen atoms in total. The minimum atomic E-state index is -5.10. The van der Waals surface area contributed by atoms with Gasteiger partial charge in [0.05, 0.1) is 22.3 Å². The molecule has 2 heterocycles. The SMILES string of the molecule is CC1=N[C@@H](Cn2c3ccc(-c4cc(C(F)(F)F)cc(C(F)(F)F)c4)cc3c3cc(-c4cc(C(F)(F)F)cc(C(F)(F)F)c4)ccc32)CO1. The number of alkyl halides is 12. The lowest BCUT2D eigenvalue weighted by molar-refractivity contribution is -0.144. The third-order valence-corrected chi connectivity index (χ3v) is 7.95. The summed E-state index contributed by atoms with van der Waals surface area (Å²) >= 11 is 0. The van der Waals surface area contributed by atoms with E-state index in [1.165, 1.54) is 36.4 Å². The average molecular weight is 689 g/mol. The van der Waals surface area contributed by atoms with Crippen molar-refractivity contribution in [1.29, 1.82) is 0 Å². The number of halogens is 12. The summed E-state index contributed by atoms with van der Waals surface area (Å²) in [5.41, 5.74) is -6.15. The topological polar surface area (TPSA) is 26.5 Å². The zero-order valence-corrected chi connectivity index (χ0v) is 24.3. The fourth-order valence-corrected chi connectivity index (χ4v) is 5.76. The molecule has 0 spiro atoms. The van der Waals surface area contributed by atoms with Gasteiger partial charge in [0.1, 0.15) is 12.6 Å². The highest BCUT2D eigenvalue weighted by Gasteiger charge is 2.38. The van der Waals surface area contributed by atoms with Crippen molar-refractivity contribution in [3.8, 4) is 22.3 Å². The first kappa shape index (κ1) is 33.2. The summed E-state index contributed by atoms with van der Waals surface area (Å²) in [4.78, 5) is 4.39.